The normalized spacial score (nSPS) is 12.9. The van der Waals surface area contributed by atoms with Crippen LogP contribution in [0.1, 0.15) is 22.3 Å². The fraction of sp³-hybridized carbons (Fsp3) is 0.0143. The lowest BCUT2D eigenvalue weighted by atomic mass is 9.70. The number of rotatable bonds is 6. The van der Waals surface area contributed by atoms with Gasteiger partial charge < -0.3 is 4.42 Å². The Balaban J connectivity index is 0.824. The first-order chi connectivity index (χ1) is 37.2. The van der Waals surface area contributed by atoms with Crippen LogP contribution in [-0.4, -0.2) is 15.0 Å². The van der Waals surface area contributed by atoms with Gasteiger partial charge in [0.25, 0.3) is 0 Å². The van der Waals surface area contributed by atoms with E-state index in [1.54, 1.807) is 11.3 Å². The minimum absolute atomic E-state index is 0.368. The zero-order chi connectivity index (χ0) is 49.2. The van der Waals surface area contributed by atoms with E-state index in [0.29, 0.717) is 17.5 Å². The molecule has 2 aliphatic rings. The lowest BCUT2D eigenvalue weighted by Gasteiger charge is -2.30. The largest absolute Gasteiger partial charge is 0.456 e. The molecule has 3 aromatic heterocycles. The Labute approximate surface area is 436 Å². The number of thiophene rings is 1. The Hall–Kier alpha value is -9.55. The van der Waals surface area contributed by atoms with Crippen molar-refractivity contribution in [1.82, 2.24) is 15.0 Å². The van der Waals surface area contributed by atoms with Crippen molar-refractivity contribution in [2.45, 2.75) is 5.41 Å². The van der Waals surface area contributed by atoms with E-state index >= 15 is 0 Å². The molecule has 16 rings (SSSR count). The minimum Gasteiger partial charge on any atom is -0.456 e. The maximum Gasteiger partial charge on any atom is 0.165 e. The van der Waals surface area contributed by atoms with Crippen LogP contribution >= 0.6 is 11.3 Å². The lowest BCUT2D eigenvalue weighted by Crippen LogP contribution is -2.25. The van der Waals surface area contributed by atoms with E-state index in [4.69, 9.17) is 19.4 Å². The summed E-state index contributed by atoms with van der Waals surface area (Å²) in [4.78, 5) is 16.0. The second kappa shape index (κ2) is 16.2. The third-order valence-electron chi connectivity index (χ3n) is 15.8. The van der Waals surface area contributed by atoms with Crippen molar-refractivity contribution in [2.24, 2.45) is 0 Å². The number of fused-ring (bicyclic) bond motifs is 16. The Morgan fingerprint density at radius 3 is 1.55 bits per heavy atom. The Morgan fingerprint density at radius 2 is 0.787 bits per heavy atom. The molecule has 14 aromatic rings. The average molecular weight is 972 g/mol. The first-order valence-electron chi connectivity index (χ1n) is 25.5. The van der Waals surface area contributed by atoms with Gasteiger partial charge in [-0.25, -0.2) is 15.0 Å². The molecule has 3 heterocycles. The Bertz CT molecular complexity index is 4620. The van der Waals surface area contributed by atoms with E-state index in [-0.39, 0.29) is 5.41 Å². The minimum atomic E-state index is -0.368. The van der Waals surface area contributed by atoms with Crippen LogP contribution in [0.3, 0.4) is 0 Å². The summed E-state index contributed by atoms with van der Waals surface area (Å²) < 4.78 is 9.04. The van der Waals surface area contributed by atoms with Gasteiger partial charge in [0.15, 0.2) is 17.5 Å². The van der Waals surface area contributed by atoms with Gasteiger partial charge in [0, 0.05) is 47.6 Å². The molecular formula is C70H41N3OS. The van der Waals surface area contributed by atoms with Crippen LogP contribution in [0.5, 0.6) is 0 Å². The van der Waals surface area contributed by atoms with Crippen molar-refractivity contribution < 1.29 is 4.42 Å². The summed E-state index contributed by atoms with van der Waals surface area (Å²) >= 11 is 1.78. The summed E-state index contributed by atoms with van der Waals surface area (Å²) in [7, 11) is 0. The zero-order valence-electron chi connectivity index (χ0n) is 40.3. The summed E-state index contributed by atoms with van der Waals surface area (Å²) in [5, 5.41) is 4.39. The number of furan rings is 1. The second-order valence-corrected chi connectivity index (χ2v) is 20.8. The molecule has 0 amide bonds. The molecule has 0 saturated heterocycles. The van der Waals surface area contributed by atoms with E-state index in [9.17, 15) is 0 Å². The third kappa shape index (κ3) is 6.26. The van der Waals surface area contributed by atoms with E-state index in [1.165, 1.54) is 65.5 Å². The zero-order valence-corrected chi connectivity index (χ0v) is 41.1. The summed E-state index contributed by atoms with van der Waals surface area (Å²) in [5.41, 5.74) is 21.4. The predicted molar refractivity (Wildman–Crippen MR) is 309 cm³/mol. The van der Waals surface area contributed by atoms with E-state index < -0.39 is 0 Å². The van der Waals surface area contributed by atoms with Gasteiger partial charge in [-0.2, -0.15) is 0 Å². The summed E-state index contributed by atoms with van der Waals surface area (Å²) in [6, 6.07) is 89.8. The molecule has 0 atom stereocenters. The number of aromatic nitrogens is 3. The van der Waals surface area contributed by atoms with Crippen LogP contribution in [0.2, 0.25) is 0 Å². The number of hydrogen-bond donors (Lipinski definition) is 0. The summed E-state index contributed by atoms with van der Waals surface area (Å²) in [6.07, 6.45) is 0. The van der Waals surface area contributed by atoms with Crippen molar-refractivity contribution in [3.8, 4) is 89.8 Å². The fourth-order valence-electron chi connectivity index (χ4n) is 12.5. The second-order valence-electron chi connectivity index (χ2n) is 19.7. The lowest BCUT2D eigenvalue weighted by molar-refractivity contribution is 0.669. The van der Waals surface area contributed by atoms with Gasteiger partial charge in [0.05, 0.1) is 5.41 Å². The molecule has 0 radical (unpaired) electrons. The molecule has 11 aromatic carbocycles. The number of hydrogen-bond acceptors (Lipinski definition) is 5. The topological polar surface area (TPSA) is 51.8 Å². The molecular weight excluding hydrogens is 931 g/mol. The van der Waals surface area contributed by atoms with Crippen molar-refractivity contribution >= 4 is 53.4 Å². The smallest absolute Gasteiger partial charge is 0.165 e. The third-order valence-corrected chi connectivity index (χ3v) is 17.0. The van der Waals surface area contributed by atoms with E-state index in [2.05, 4.69) is 231 Å². The average Bonchev–Trinajstić information content (AvgIpc) is 4.39. The highest BCUT2D eigenvalue weighted by atomic mass is 32.1. The first-order valence-corrected chi connectivity index (χ1v) is 26.3. The van der Waals surface area contributed by atoms with Crippen molar-refractivity contribution in [3.63, 3.8) is 0 Å². The van der Waals surface area contributed by atoms with Crippen LogP contribution < -0.4 is 0 Å². The SMILES string of the molecule is c1ccc(-c2ccc(-c3nc(-c4cccc5c4sc4ccccc45)nc(-c4cccc5oc6ccc(-c7cccc(-c8ccc9c(c8)-c8ccccc8C98c9ccccc9-c9ccccc98)c7)cc6c45)n3)cc2)cc1. The molecule has 0 bridgehead atoms. The van der Waals surface area contributed by atoms with Gasteiger partial charge in [0.1, 0.15) is 11.2 Å². The van der Waals surface area contributed by atoms with E-state index in [1.807, 2.05) is 18.2 Å². The molecule has 0 aliphatic heterocycles. The molecule has 0 saturated carbocycles. The van der Waals surface area contributed by atoms with Crippen LogP contribution in [0.25, 0.3) is 132 Å². The summed E-state index contributed by atoms with van der Waals surface area (Å²) in [5.74, 6) is 1.83. The first kappa shape index (κ1) is 42.0. The van der Waals surface area contributed by atoms with Crippen LogP contribution in [0.15, 0.2) is 253 Å². The molecule has 0 fully saturated rings. The van der Waals surface area contributed by atoms with Crippen LogP contribution in [-0.2, 0) is 5.41 Å². The highest BCUT2D eigenvalue weighted by Gasteiger charge is 2.51. The molecule has 5 heteroatoms. The molecule has 2 aliphatic carbocycles. The van der Waals surface area contributed by atoms with Gasteiger partial charge in [-0.1, -0.05) is 206 Å². The highest BCUT2D eigenvalue weighted by Crippen LogP contribution is 2.63. The maximum absolute atomic E-state index is 6.66. The standard InChI is InChI=1S/C70H41N3OS/c1-2-15-42(16-3-1)43-31-33-44(34-32-43)67-71-68(73-69(72-67)55-25-13-23-53-52-22-7-11-30-64(52)75-66(53)55)54-24-14-29-63-65(54)57-41-48(36-38-62(57)74-63)46-18-12-17-45(39-46)47-35-37-61-56(40-47)51-21-6-10-28-60(51)70(61)58-26-8-4-19-49(58)50-20-5-9-27-59(50)70/h1-41H. The molecule has 348 valence electrons. The van der Waals surface area contributed by atoms with Gasteiger partial charge in [0.2, 0.25) is 0 Å². The van der Waals surface area contributed by atoms with Gasteiger partial charge in [-0.15, -0.1) is 11.3 Å². The van der Waals surface area contributed by atoms with Crippen LogP contribution in [0.4, 0.5) is 0 Å². The Kier molecular flexibility index (Phi) is 9.09. The van der Waals surface area contributed by atoms with Gasteiger partial charge in [-0.3, -0.25) is 0 Å². The fourth-order valence-corrected chi connectivity index (χ4v) is 13.7. The van der Waals surface area contributed by atoms with Crippen molar-refractivity contribution in [2.75, 3.05) is 0 Å². The molecule has 0 unspecified atom stereocenters. The molecule has 4 nitrogen and oxygen atoms in total. The molecule has 0 N–H and O–H groups in total. The van der Waals surface area contributed by atoms with Crippen LogP contribution in [0, 0.1) is 0 Å². The quantitative estimate of drug-likeness (QED) is 0.167. The predicted octanol–water partition coefficient (Wildman–Crippen LogP) is 18.5. The number of nitrogens with zero attached hydrogens (tertiary/aromatic N) is 3. The monoisotopic (exact) mass is 971 g/mol. The summed E-state index contributed by atoms with van der Waals surface area (Å²) in [6.45, 7) is 0. The van der Waals surface area contributed by atoms with E-state index in [0.717, 1.165) is 71.1 Å². The van der Waals surface area contributed by atoms with Crippen molar-refractivity contribution in [3.05, 3.63) is 271 Å². The Morgan fingerprint density at radius 1 is 0.293 bits per heavy atom. The van der Waals surface area contributed by atoms with Gasteiger partial charge >= 0.3 is 0 Å². The molecule has 75 heavy (non-hydrogen) atoms. The highest BCUT2D eigenvalue weighted by molar-refractivity contribution is 7.26. The van der Waals surface area contributed by atoms with Gasteiger partial charge in [-0.05, 0) is 120 Å². The molecule has 1 spiro atoms. The maximum atomic E-state index is 6.66. The number of benzene rings is 11. The van der Waals surface area contributed by atoms with Crippen molar-refractivity contribution in [1.29, 1.82) is 0 Å².